The van der Waals surface area contributed by atoms with Gasteiger partial charge < -0.3 is 10.6 Å². The minimum absolute atomic E-state index is 0.0253. The van der Waals surface area contributed by atoms with E-state index in [9.17, 15) is 4.79 Å². The summed E-state index contributed by atoms with van der Waals surface area (Å²) in [5.41, 5.74) is 7.17. The summed E-state index contributed by atoms with van der Waals surface area (Å²) in [4.78, 5) is 17.0. The Bertz CT molecular complexity index is 455. The Morgan fingerprint density at radius 1 is 1.40 bits per heavy atom. The summed E-state index contributed by atoms with van der Waals surface area (Å²) in [6.07, 6.45) is 4.81. The van der Waals surface area contributed by atoms with Gasteiger partial charge in [0.2, 0.25) is 0 Å². The average molecular weight is 294 g/mol. The molecule has 1 aromatic heterocycles. The van der Waals surface area contributed by atoms with Gasteiger partial charge in [-0.3, -0.25) is 4.79 Å². The quantitative estimate of drug-likeness (QED) is 0.907. The van der Waals surface area contributed by atoms with E-state index in [0.717, 1.165) is 30.8 Å². The molecule has 1 amide bonds. The lowest BCUT2D eigenvalue weighted by atomic mass is 9.93. The number of nitrogens with two attached hydrogens (primary N) is 1. The predicted octanol–water partition coefficient (Wildman–Crippen LogP) is 3.07. The summed E-state index contributed by atoms with van der Waals surface area (Å²) >= 11 is 1.70. The van der Waals surface area contributed by atoms with Crippen LogP contribution < -0.4 is 5.73 Å². The summed E-state index contributed by atoms with van der Waals surface area (Å²) in [7, 11) is 0. The zero-order valence-electron chi connectivity index (χ0n) is 12.9. The van der Waals surface area contributed by atoms with Crippen molar-refractivity contribution in [1.29, 1.82) is 0 Å². The number of hydrogen-bond donors (Lipinski definition) is 1. The molecule has 4 heteroatoms. The monoisotopic (exact) mass is 294 g/mol. The van der Waals surface area contributed by atoms with E-state index < -0.39 is 0 Å². The molecule has 0 saturated carbocycles. The molecule has 0 aliphatic heterocycles. The van der Waals surface area contributed by atoms with Gasteiger partial charge in [-0.05, 0) is 56.2 Å². The Morgan fingerprint density at radius 3 is 2.70 bits per heavy atom. The van der Waals surface area contributed by atoms with Crippen LogP contribution in [0.1, 0.15) is 53.7 Å². The lowest BCUT2D eigenvalue weighted by Crippen LogP contribution is -2.41. The van der Waals surface area contributed by atoms with Crippen molar-refractivity contribution in [3.8, 4) is 0 Å². The van der Waals surface area contributed by atoms with Crippen molar-refractivity contribution < 1.29 is 4.79 Å². The predicted molar refractivity (Wildman–Crippen MR) is 85.4 cm³/mol. The van der Waals surface area contributed by atoms with Crippen LogP contribution in [0.2, 0.25) is 0 Å². The second kappa shape index (κ2) is 6.27. The second-order valence-electron chi connectivity index (χ2n) is 6.45. The van der Waals surface area contributed by atoms with Crippen molar-refractivity contribution in [2.24, 2.45) is 11.1 Å². The number of amides is 1. The van der Waals surface area contributed by atoms with Crippen LogP contribution in [-0.2, 0) is 12.8 Å². The maximum atomic E-state index is 12.7. The topological polar surface area (TPSA) is 46.3 Å². The van der Waals surface area contributed by atoms with E-state index in [1.165, 1.54) is 23.3 Å². The van der Waals surface area contributed by atoms with Crippen LogP contribution in [0.15, 0.2) is 6.07 Å². The third-order valence-electron chi connectivity index (χ3n) is 4.05. The molecule has 2 rings (SSSR count). The maximum absolute atomic E-state index is 12.7. The average Bonchev–Trinajstić information content (AvgIpc) is 2.88. The van der Waals surface area contributed by atoms with E-state index in [2.05, 4.69) is 19.9 Å². The Hall–Kier alpha value is -0.870. The zero-order valence-corrected chi connectivity index (χ0v) is 13.7. The number of carbonyl (C=O) groups is 1. The molecular formula is C16H26N2OS. The first-order valence-electron chi connectivity index (χ1n) is 7.58. The van der Waals surface area contributed by atoms with Crippen LogP contribution in [0.3, 0.4) is 0 Å². The number of aryl methyl sites for hydroxylation is 2. The van der Waals surface area contributed by atoms with Crippen LogP contribution in [-0.4, -0.2) is 30.4 Å². The summed E-state index contributed by atoms with van der Waals surface area (Å²) < 4.78 is 0. The van der Waals surface area contributed by atoms with Crippen LogP contribution in [0.4, 0.5) is 0 Å². The minimum Gasteiger partial charge on any atom is -0.338 e. The SMILES string of the molecule is CCN(CC(C)(C)CN)C(=O)c1cc2c(s1)CCCC2. The highest BCUT2D eigenvalue weighted by atomic mass is 32.1. The molecule has 0 unspecified atom stereocenters. The number of thiophene rings is 1. The number of hydrogen-bond acceptors (Lipinski definition) is 3. The Labute approximate surface area is 126 Å². The molecule has 3 nitrogen and oxygen atoms in total. The van der Waals surface area contributed by atoms with Gasteiger partial charge >= 0.3 is 0 Å². The minimum atomic E-state index is -0.0253. The normalized spacial score (nSPS) is 15.0. The van der Waals surface area contributed by atoms with E-state index in [1.54, 1.807) is 11.3 Å². The molecule has 2 N–H and O–H groups in total. The molecule has 0 saturated heterocycles. The molecular weight excluding hydrogens is 268 g/mol. The Kier molecular flexibility index (Phi) is 4.86. The first-order chi connectivity index (χ1) is 9.46. The summed E-state index contributed by atoms with van der Waals surface area (Å²) in [6, 6.07) is 2.12. The molecule has 0 radical (unpaired) electrons. The number of carbonyl (C=O) groups excluding carboxylic acids is 1. The first kappa shape index (κ1) is 15.5. The molecule has 20 heavy (non-hydrogen) atoms. The summed E-state index contributed by atoms with van der Waals surface area (Å²) in [5.74, 6) is 0.174. The highest BCUT2D eigenvalue weighted by Gasteiger charge is 2.25. The van der Waals surface area contributed by atoms with Crippen LogP contribution >= 0.6 is 11.3 Å². The van der Waals surface area contributed by atoms with Gasteiger partial charge in [0.25, 0.3) is 5.91 Å². The molecule has 0 spiro atoms. The van der Waals surface area contributed by atoms with Crippen molar-refractivity contribution in [3.05, 3.63) is 21.4 Å². The van der Waals surface area contributed by atoms with Crippen molar-refractivity contribution in [2.75, 3.05) is 19.6 Å². The van der Waals surface area contributed by atoms with Gasteiger partial charge in [-0.25, -0.2) is 0 Å². The molecule has 1 heterocycles. The molecule has 112 valence electrons. The van der Waals surface area contributed by atoms with Gasteiger partial charge in [0.15, 0.2) is 0 Å². The van der Waals surface area contributed by atoms with Gasteiger partial charge in [0, 0.05) is 18.0 Å². The standard InChI is InChI=1S/C16H26N2OS/c1-4-18(11-16(2,3)10-17)15(19)14-9-12-7-5-6-8-13(12)20-14/h9H,4-8,10-11,17H2,1-3H3. The van der Waals surface area contributed by atoms with Crippen LogP contribution in [0.5, 0.6) is 0 Å². The van der Waals surface area contributed by atoms with E-state index in [4.69, 9.17) is 5.73 Å². The molecule has 0 atom stereocenters. The van der Waals surface area contributed by atoms with Crippen LogP contribution in [0, 0.1) is 5.41 Å². The second-order valence-corrected chi connectivity index (χ2v) is 7.59. The fraction of sp³-hybridized carbons (Fsp3) is 0.688. The highest BCUT2D eigenvalue weighted by molar-refractivity contribution is 7.14. The van der Waals surface area contributed by atoms with Gasteiger partial charge in [-0.15, -0.1) is 11.3 Å². The Morgan fingerprint density at radius 2 is 2.10 bits per heavy atom. The van der Waals surface area contributed by atoms with Crippen molar-refractivity contribution in [2.45, 2.75) is 46.5 Å². The maximum Gasteiger partial charge on any atom is 0.263 e. The van der Waals surface area contributed by atoms with Gasteiger partial charge in [-0.1, -0.05) is 13.8 Å². The lowest BCUT2D eigenvalue weighted by molar-refractivity contribution is 0.0705. The number of nitrogens with zero attached hydrogens (tertiary/aromatic N) is 1. The molecule has 0 bridgehead atoms. The van der Waals surface area contributed by atoms with E-state index in [1.807, 2.05) is 11.8 Å². The van der Waals surface area contributed by atoms with E-state index in [-0.39, 0.29) is 11.3 Å². The largest absolute Gasteiger partial charge is 0.338 e. The molecule has 1 aliphatic carbocycles. The number of rotatable bonds is 5. The first-order valence-corrected chi connectivity index (χ1v) is 8.39. The summed E-state index contributed by atoms with van der Waals surface area (Å²) in [5, 5.41) is 0. The number of fused-ring (bicyclic) bond motifs is 1. The fourth-order valence-corrected chi connectivity index (χ4v) is 3.88. The highest BCUT2D eigenvalue weighted by Crippen LogP contribution is 2.30. The van der Waals surface area contributed by atoms with Crippen molar-refractivity contribution >= 4 is 17.2 Å². The zero-order chi connectivity index (χ0) is 14.8. The molecule has 1 aliphatic rings. The smallest absolute Gasteiger partial charge is 0.263 e. The van der Waals surface area contributed by atoms with Crippen LogP contribution in [0.25, 0.3) is 0 Å². The fourth-order valence-electron chi connectivity index (χ4n) is 2.66. The van der Waals surface area contributed by atoms with Gasteiger partial charge in [0.1, 0.15) is 0 Å². The molecule has 0 fully saturated rings. The van der Waals surface area contributed by atoms with Crippen molar-refractivity contribution in [3.63, 3.8) is 0 Å². The van der Waals surface area contributed by atoms with Gasteiger partial charge in [0.05, 0.1) is 4.88 Å². The Balaban J connectivity index is 2.14. The third kappa shape index (κ3) is 3.41. The van der Waals surface area contributed by atoms with E-state index >= 15 is 0 Å². The van der Waals surface area contributed by atoms with E-state index in [0.29, 0.717) is 6.54 Å². The molecule has 1 aromatic rings. The lowest BCUT2D eigenvalue weighted by Gasteiger charge is -2.30. The van der Waals surface area contributed by atoms with Crippen molar-refractivity contribution in [1.82, 2.24) is 4.90 Å². The van der Waals surface area contributed by atoms with Gasteiger partial charge in [-0.2, -0.15) is 0 Å². The summed E-state index contributed by atoms with van der Waals surface area (Å²) in [6.45, 7) is 8.33. The third-order valence-corrected chi connectivity index (χ3v) is 5.27. The molecule has 0 aromatic carbocycles.